The van der Waals surface area contributed by atoms with E-state index in [-0.39, 0.29) is 11.9 Å². The molecule has 0 aliphatic carbocycles. The van der Waals surface area contributed by atoms with Crippen LogP contribution in [0.15, 0.2) is 17.5 Å². The molecule has 0 aromatic carbocycles. The van der Waals surface area contributed by atoms with E-state index in [0.29, 0.717) is 12.3 Å². The van der Waals surface area contributed by atoms with Gasteiger partial charge in [0.1, 0.15) is 0 Å². The predicted molar refractivity (Wildman–Crippen MR) is 73.2 cm³/mol. The number of carbonyl (C=O) groups is 1. The zero-order valence-electron chi connectivity index (χ0n) is 10.8. The van der Waals surface area contributed by atoms with E-state index in [1.54, 1.807) is 11.3 Å². The molecule has 0 aliphatic rings. The third-order valence-electron chi connectivity index (χ3n) is 2.61. The van der Waals surface area contributed by atoms with Gasteiger partial charge in [-0.3, -0.25) is 4.79 Å². The van der Waals surface area contributed by atoms with E-state index in [0.717, 1.165) is 13.1 Å². The van der Waals surface area contributed by atoms with E-state index < -0.39 is 0 Å². The summed E-state index contributed by atoms with van der Waals surface area (Å²) in [4.78, 5) is 13.0. The molecule has 0 spiro atoms. The fourth-order valence-corrected chi connectivity index (χ4v) is 2.61. The third-order valence-corrected chi connectivity index (χ3v) is 3.57. The van der Waals surface area contributed by atoms with Crippen LogP contribution in [0, 0.1) is 5.92 Å². The maximum atomic E-state index is 11.8. The van der Waals surface area contributed by atoms with Crippen molar-refractivity contribution in [1.82, 2.24) is 10.6 Å². The van der Waals surface area contributed by atoms with Crippen LogP contribution < -0.4 is 10.6 Å². The zero-order chi connectivity index (χ0) is 12.7. The second-order valence-corrected chi connectivity index (χ2v) is 5.39. The third kappa shape index (κ3) is 4.88. The van der Waals surface area contributed by atoms with Crippen molar-refractivity contribution in [3.8, 4) is 0 Å². The van der Waals surface area contributed by atoms with Crippen molar-refractivity contribution >= 4 is 17.2 Å². The van der Waals surface area contributed by atoms with E-state index in [1.807, 2.05) is 13.0 Å². The molecule has 1 aromatic heterocycles. The van der Waals surface area contributed by atoms with Crippen LogP contribution in [0.1, 0.15) is 38.1 Å². The Bertz CT molecular complexity index is 322. The Kier molecular flexibility index (Phi) is 6.22. The number of thiophene rings is 1. The fraction of sp³-hybridized carbons (Fsp3) is 0.615. The maximum absolute atomic E-state index is 11.8. The van der Waals surface area contributed by atoms with Crippen molar-refractivity contribution in [1.29, 1.82) is 0 Å². The first-order valence-corrected chi connectivity index (χ1v) is 7.06. The minimum Gasteiger partial charge on any atom is -0.348 e. The molecule has 0 bridgehead atoms. The second kappa shape index (κ2) is 7.45. The molecular weight excluding hydrogens is 232 g/mol. The van der Waals surface area contributed by atoms with Gasteiger partial charge in [-0.15, -0.1) is 11.3 Å². The van der Waals surface area contributed by atoms with Crippen LogP contribution in [0.3, 0.4) is 0 Å². The lowest BCUT2D eigenvalue weighted by Gasteiger charge is -2.21. The lowest BCUT2D eigenvalue weighted by molar-refractivity contribution is -0.122. The summed E-state index contributed by atoms with van der Waals surface area (Å²) in [6.07, 6.45) is 0.544. The van der Waals surface area contributed by atoms with Gasteiger partial charge in [-0.2, -0.15) is 0 Å². The van der Waals surface area contributed by atoms with Gasteiger partial charge in [0.25, 0.3) is 0 Å². The highest BCUT2D eigenvalue weighted by molar-refractivity contribution is 7.10. The van der Waals surface area contributed by atoms with Gasteiger partial charge in [-0.1, -0.05) is 26.8 Å². The van der Waals surface area contributed by atoms with E-state index in [2.05, 4.69) is 35.9 Å². The minimum atomic E-state index is 0.123. The van der Waals surface area contributed by atoms with Crippen LogP contribution >= 0.6 is 11.3 Å². The topological polar surface area (TPSA) is 41.1 Å². The molecule has 1 rings (SSSR count). The van der Waals surface area contributed by atoms with Gasteiger partial charge in [-0.25, -0.2) is 0 Å². The molecule has 3 nitrogen and oxygen atoms in total. The number of nitrogens with one attached hydrogen (secondary N) is 2. The van der Waals surface area contributed by atoms with E-state index in [1.165, 1.54) is 4.88 Å². The van der Waals surface area contributed by atoms with Gasteiger partial charge in [0.05, 0.1) is 6.04 Å². The van der Waals surface area contributed by atoms with Crippen molar-refractivity contribution in [3.63, 3.8) is 0 Å². The summed E-state index contributed by atoms with van der Waals surface area (Å²) >= 11 is 1.70. The molecule has 1 atom stereocenters. The van der Waals surface area contributed by atoms with E-state index in [9.17, 15) is 4.79 Å². The standard InChI is InChI=1S/C13H22N2OS/c1-4-14-8-7-12(16)15-13(10(2)3)11-6-5-9-17-11/h5-6,9-10,13-14H,4,7-8H2,1-3H3,(H,15,16). The Hall–Kier alpha value is -0.870. The fourth-order valence-electron chi connectivity index (χ4n) is 1.66. The number of hydrogen-bond donors (Lipinski definition) is 2. The average Bonchev–Trinajstić information content (AvgIpc) is 2.79. The number of amides is 1. The van der Waals surface area contributed by atoms with Crippen LogP contribution in [0.25, 0.3) is 0 Å². The predicted octanol–water partition coefficient (Wildman–Crippen LogP) is 2.56. The van der Waals surface area contributed by atoms with Gasteiger partial charge < -0.3 is 10.6 Å². The molecule has 0 aliphatic heterocycles. The summed E-state index contributed by atoms with van der Waals surface area (Å²) in [7, 11) is 0. The van der Waals surface area contributed by atoms with Crippen LogP contribution in [0.4, 0.5) is 0 Å². The van der Waals surface area contributed by atoms with Crippen molar-refractivity contribution in [2.75, 3.05) is 13.1 Å². The smallest absolute Gasteiger partial charge is 0.221 e. The molecule has 0 saturated heterocycles. The highest BCUT2D eigenvalue weighted by Gasteiger charge is 2.18. The Balaban J connectivity index is 2.48. The first-order valence-electron chi connectivity index (χ1n) is 6.18. The largest absolute Gasteiger partial charge is 0.348 e. The van der Waals surface area contributed by atoms with Crippen molar-refractivity contribution in [2.45, 2.75) is 33.2 Å². The molecule has 0 saturated carbocycles. The van der Waals surface area contributed by atoms with Gasteiger partial charge in [-0.05, 0) is 23.9 Å². The summed E-state index contributed by atoms with van der Waals surface area (Å²) in [6, 6.07) is 4.25. The van der Waals surface area contributed by atoms with E-state index in [4.69, 9.17) is 0 Å². The van der Waals surface area contributed by atoms with Gasteiger partial charge in [0, 0.05) is 17.8 Å². The van der Waals surface area contributed by atoms with Gasteiger partial charge >= 0.3 is 0 Å². The number of hydrogen-bond acceptors (Lipinski definition) is 3. The van der Waals surface area contributed by atoms with Gasteiger partial charge in [0.15, 0.2) is 0 Å². The molecule has 2 N–H and O–H groups in total. The molecule has 17 heavy (non-hydrogen) atoms. The van der Waals surface area contributed by atoms with Crippen molar-refractivity contribution in [3.05, 3.63) is 22.4 Å². The Morgan fingerprint density at radius 2 is 2.24 bits per heavy atom. The highest BCUT2D eigenvalue weighted by Crippen LogP contribution is 2.25. The minimum absolute atomic E-state index is 0.123. The molecule has 0 radical (unpaired) electrons. The summed E-state index contributed by atoms with van der Waals surface area (Å²) in [5, 5.41) is 8.32. The average molecular weight is 254 g/mol. The molecule has 1 heterocycles. The molecular formula is C13H22N2OS. The monoisotopic (exact) mass is 254 g/mol. The first-order chi connectivity index (χ1) is 8.15. The Morgan fingerprint density at radius 1 is 1.47 bits per heavy atom. The quantitative estimate of drug-likeness (QED) is 0.734. The highest BCUT2D eigenvalue weighted by atomic mass is 32.1. The molecule has 1 unspecified atom stereocenters. The normalized spacial score (nSPS) is 12.7. The SMILES string of the molecule is CCNCCC(=O)NC(c1cccs1)C(C)C. The van der Waals surface area contributed by atoms with Crippen molar-refractivity contribution in [2.24, 2.45) is 5.92 Å². The molecule has 1 aromatic rings. The number of rotatable bonds is 7. The molecule has 4 heteroatoms. The van der Waals surface area contributed by atoms with Crippen LogP contribution in [-0.2, 0) is 4.79 Å². The number of carbonyl (C=O) groups excluding carboxylic acids is 1. The summed E-state index contributed by atoms with van der Waals surface area (Å²) in [5.74, 6) is 0.537. The molecule has 1 amide bonds. The molecule has 96 valence electrons. The maximum Gasteiger partial charge on any atom is 0.221 e. The van der Waals surface area contributed by atoms with Gasteiger partial charge in [0.2, 0.25) is 5.91 Å². The first kappa shape index (κ1) is 14.2. The lowest BCUT2D eigenvalue weighted by Crippen LogP contribution is -2.33. The lowest BCUT2D eigenvalue weighted by atomic mass is 10.0. The van der Waals surface area contributed by atoms with Crippen LogP contribution in [-0.4, -0.2) is 19.0 Å². The van der Waals surface area contributed by atoms with Crippen molar-refractivity contribution < 1.29 is 4.79 Å². The van der Waals surface area contributed by atoms with Crippen LogP contribution in [0.5, 0.6) is 0 Å². The molecule has 0 fully saturated rings. The summed E-state index contributed by atoms with van der Waals surface area (Å²) in [6.45, 7) is 7.97. The van der Waals surface area contributed by atoms with E-state index >= 15 is 0 Å². The zero-order valence-corrected chi connectivity index (χ0v) is 11.6. The summed E-state index contributed by atoms with van der Waals surface area (Å²) < 4.78 is 0. The Morgan fingerprint density at radius 3 is 2.76 bits per heavy atom. The Labute approximate surface area is 108 Å². The second-order valence-electron chi connectivity index (χ2n) is 4.41. The van der Waals surface area contributed by atoms with Crippen LogP contribution in [0.2, 0.25) is 0 Å². The summed E-state index contributed by atoms with van der Waals surface area (Å²) in [5.41, 5.74) is 0.